The van der Waals surface area contributed by atoms with E-state index < -0.39 is 11.2 Å². The predicted molar refractivity (Wildman–Crippen MR) is 142 cm³/mol. The number of halogens is 1. The molecule has 3 aromatic carbocycles. The van der Waals surface area contributed by atoms with Gasteiger partial charge in [0.2, 0.25) is 0 Å². The van der Waals surface area contributed by atoms with Crippen molar-refractivity contribution in [2.45, 2.75) is 25.9 Å². The Kier molecular flexibility index (Phi) is 7.00. The number of amides is 1. The number of fused-ring (bicyclic) bond motifs is 1. The van der Waals surface area contributed by atoms with Crippen molar-refractivity contribution < 1.29 is 18.7 Å². The van der Waals surface area contributed by atoms with Crippen molar-refractivity contribution >= 4 is 16.8 Å². The second kappa shape index (κ2) is 10.5. The Morgan fingerprint density at radius 3 is 1.97 bits per heavy atom. The molecule has 1 saturated heterocycles. The van der Waals surface area contributed by atoms with Crippen LogP contribution in [-0.4, -0.2) is 47.3 Å². The molecule has 1 amide bonds. The SMILES string of the molecule is COc1cc2c(=O)n(Cc3ccc(C(=O)N4CCCC4)cc3)c(=O)n(Cc3ccc(F)cc3)c2cc1OC. The fraction of sp³-hybridized carbons (Fsp3) is 0.276. The van der Waals surface area contributed by atoms with Gasteiger partial charge in [-0.15, -0.1) is 0 Å². The van der Waals surface area contributed by atoms with E-state index in [0.29, 0.717) is 33.7 Å². The molecule has 2 heterocycles. The summed E-state index contributed by atoms with van der Waals surface area (Å²) in [7, 11) is 2.95. The molecule has 0 radical (unpaired) electrons. The van der Waals surface area contributed by atoms with E-state index in [0.717, 1.165) is 30.5 Å². The van der Waals surface area contributed by atoms with Gasteiger partial charge in [-0.05, 0) is 54.3 Å². The fourth-order valence-electron chi connectivity index (χ4n) is 4.85. The first kappa shape index (κ1) is 25.3. The van der Waals surface area contributed by atoms with Gasteiger partial charge in [-0.1, -0.05) is 24.3 Å². The van der Waals surface area contributed by atoms with Crippen LogP contribution in [-0.2, 0) is 13.1 Å². The van der Waals surface area contributed by atoms with Crippen LogP contribution in [0.1, 0.15) is 34.3 Å². The van der Waals surface area contributed by atoms with Gasteiger partial charge in [-0.25, -0.2) is 9.18 Å². The number of carbonyl (C=O) groups excluding carboxylic acids is 1. The van der Waals surface area contributed by atoms with Gasteiger partial charge in [0, 0.05) is 24.7 Å². The van der Waals surface area contributed by atoms with Gasteiger partial charge < -0.3 is 14.4 Å². The van der Waals surface area contributed by atoms with Crippen LogP contribution in [0.4, 0.5) is 4.39 Å². The molecule has 1 fully saturated rings. The first-order valence-electron chi connectivity index (χ1n) is 12.4. The number of benzene rings is 3. The summed E-state index contributed by atoms with van der Waals surface area (Å²) in [6.07, 6.45) is 2.02. The molecule has 38 heavy (non-hydrogen) atoms. The third-order valence-electron chi connectivity index (χ3n) is 6.92. The summed E-state index contributed by atoms with van der Waals surface area (Å²) in [5.74, 6) is 0.344. The minimum absolute atomic E-state index is 0.0142. The van der Waals surface area contributed by atoms with Crippen molar-refractivity contribution in [2.24, 2.45) is 0 Å². The Bertz CT molecular complexity index is 1600. The molecule has 1 aliphatic heterocycles. The topological polar surface area (TPSA) is 82.8 Å². The third kappa shape index (κ3) is 4.79. The maximum atomic E-state index is 13.7. The van der Waals surface area contributed by atoms with E-state index >= 15 is 0 Å². The monoisotopic (exact) mass is 517 g/mol. The number of ether oxygens (including phenoxy) is 2. The Labute approximate surface area is 218 Å². The summed E-state index contributed by atoms with van der Waals surface area (Å²) in [5.41, 5.74) is 1.36. The third-order valence-corrected chi connectivity index (χ3v) is 6.92. The largest absolute Gasteiger partial charge is 0.493 e. The number of hydrogen-bond donors (Lipinski definition) is 0. The quantitative estimate of drug-likeness (QED) is 0.374. The molecular weight excluding hydrogens is 489 g/mol. The zero-order chi connectivity index (χ0) is 26.8. The first-order valence-corrected chi connectivity index (χ1v) is 12.4. The summed E-state index contributed by atoms with van der Waals surface area (Å²) in [5, 5.41) is 0.283. The molecular formula is C29H28FN3O5. The van der Waals surface area contributed by atoms with E-state index in [4.69, 9.17) is 9.47 Å². The lowest BCUT2D eigenvalue weighted by atomic mass is 10.1. The number of hydrogen-bond acceptors (Lipinski definition) is 5. The molecule has 0 aliphatic carbocycles. The number of likely N-dealkylation sites (tertiary alicyclic amines) is 1. The van der Waals surface area contributed by atoms with E-state index in [2.05, 4.69) is 0 Å². The van der Waals surface area contributed by atoms with E-state index in [-0.39, 0.29) is 30.2 Å². The maximum Gasteiger partial charge on any atom is 0.332 e. The van der Waals surface area contributed by atoms with Crippen LogP contribution in [0.5, 0.6) is 11.5 Å². The molecule has 4 aromatic rings. The fourth-order valence-corrected chi connectivity index (χ4v) is 4.85. The van der Waals surface area contributed by atoms with Gasteiger partial charge in [0.15, 0.2) is 11.5 Å². The molecule has 0 N–H and O–H groups in total. The molecule has 1 aliphatic rings. The van der Waals surface area contributed by atoms with Gasteiger partial charge in [0.05, 0.1) is 38.2 Å². The van der Waals surface area contributed by atoms with Crippen LogP contribution in [0.3, 0.4) is 0 Å². The molecule has 9 heteroatoms. The Hall–Kier alpha value is -4.40. The van der Waals surface area contributed by atoms with Crippen molar-refractivity contribution in [3.63, 3.8) is 0 Å². The number of carbonyl (C=O) groups is 1. The van der Waals surface area contributed by atoms with Crippen molar-refractivity contribution in [1.82, 2.24) is 14.0 Å². The smallest absolute Gasteiger partial charge is 0.332 e. The van der Waals surface area contributed by atoms with Crippen molar-refractivity contribution in [2.75, 3.05) is 27.3 Å². The predicted octanol–water partition coefficient (Wildman–Crippen LogP) is 3.65. The van der Waals surface area contributed by atoms with Crippen LogP contribution < -0.4 is 20.7 Å². The van der Waals surface area contributed by atoms with Gasteiger partial charge >= 0.3 is 5.69 Å². The highest BCUT2D eigenvalue weighted by Crippen LogP contribution is 2.30. The molecule has 1 aromatic heterocycles. The Morgan fingerprint density at radius 1 is 0.816 bits per heavy atom. The molecule has 0 unspecified atom stereocenters. The van der Waals surface area contributed by atoms with Crippen molar-refractivity contribution in [1.29, 1.82) is 0 Å². The average Bonchev–Trinajstić information content (AvgIpc) is 3.49. The number of methoxy groups -OCH3 is 2. The molecule has 0 spiro atoms. The second-order valence-corrected chi connectivity index (χ2v) is 9.31. The van der Waals surface area contributed by atoms with E-state index in [1.54, 1.807) is 48.5 Å². The van der Waals surface area contributed by atoms with Crippen LogP contribution in [0, 0.1) is 5.82 Å². The summed E-state index contributed by atoms with van der Waals surface area (Å²) in [6.45, 7) is 1.65. The minimum atomic E-state index is -0.517. The number of nitrogens with zero attached hydrogens (tertiary/aromatic N) is 3. The van der Waals surface area contributed by atoms with Gasteiger partial charge in [-0.3, -0.25) is 18.7 Å². The zero-order valence-corrected chi connectivity index (χ0v) is 21.3. The normalized spacial score (nSPS) is 13.2. The van der Waals surface area contributed by atoms with Crippen LogP contribution in [0.25, 0.3) is 10.9 Å². The highest BCUT2D eigenvalue weighted by molar-refractivity contribution is 5.94. The second-order valence-electron chi connectivity index (χ2n) is 9.31. The van der Waals surface area contributed by atoms with E-state index in [9.17, 15) is 18.8 Å². The minimum Gasteiger partial charge on any atom is -0.493 e. The lowest BCUT2D eigenvalue weighted by molar-refractivity contribution is 0.0793. The van der Waals surface area contributed by atoms with Crippen molar-refractivity contribution in [3.05, 3.63) is 104 Å². The molecule has 0 bridgehead atoms. The maximum absolute atomic E-state index is 13.7. The Balaban J connectivity index is 1.58. The van der Waals surface area contributed by atoms with Crippen molar-refractivity contribution in [3.8, 4) is 11.5 Å². The van der Waals surface area contributed by atoms with Crippen LogP contribution in [0.2, 0.25) is 0 Å². The van der Waals surface area contributed by atoms with E-state index in [1.807, 2.05) is 4.90 Å². The summed E-state index contributed by atoms with van der Waals surface area (Å²) >= 11 is 0. The highest BCUT2D eigenvalue weighted by atomic mass is 19.1. The molecule has 5 rings (SSSR count). The average molecular weight is 518 g/mol. The zero-order valence-electron chi connectivity index (χ0n) is 21.3. The van der Waals surface area contributed by atoms with Gasteiger partial charge in [0.1, 0.15) is 5.82 Å². The molecule has 0 saturated carbocycles. The molecule has 8 nitrogen and oxygen atoms in total. The highest BCUT2D eigenvalue weighted by Gasteiger charge is 2.20. The number of rotatable bonds is 7. The summed E-state index contributed by atoms with van der Waals surface area (Å²) < 4.78 is 26.9. The molecule has 0 atom stereocenters. The molecule has 196 valence electrons. The van der Waals surface area contributed by atoms with Crippen LogP contribution in [0.15, 0.2) is 70.3 Å². The van der Waals surface area contributed by atoms with E-state index in [1.165, 1.54) is 30.9 Å². The van der Waals surface area contributed by atoms with Crippen LogP contribution >= 0.6 is 0 Å². The van der Waals surface area contributed by atoms with Gasteiger partial charge in [-0.2, -0.15) is 0 Å². The Morgan fingerprint density at radius 2 is 1.37 bits per heavy atom. The first-order chi connectivity index (χ1) is 18.4. The standard InChI is InChI=1S/C29H28FN3O5/c1-37-25-15-23-24(16-26(25)38-2)32(17-20-7-11-22(30)12-8-20)29(36)33(28(23)35)18-19-5-9-21(10-6-19)27(34)31-13-3-4-14-31/h5-12,15-16H,3-4,13-14,17-18H2,1-2H3. The lowest BCUT2D eigenvalue weighted by Crippen LogP contribution is -2.40. The lowest BCUT2D eigenvalue weighted by Gasteiger charge is -2.17. The summed E-state index contributed by atoms with van der Waals surface area (Å²) in [4.78, 5) is 41.8. The number of aromatic nitrogens is 2. The summed E-state index contributed by atoms with van der Waals surface area (Å²) in [6, 6.07) is 16.0. The van der Waals surface area contributed by atoms with Gasteiger partial charge in [0.25, 0.3) is 11.5 Å².